The van der Waals surface area contributed by atoms with Crippen LogP contribution in [0.3, 0.4) is 0 Å². The molecule has 0 aliphatic heterocycles. The molecule has 0 bridgehead atoms. The van der Waals surface area contributed by atoms with Crippen molar-refractivity contribution in [2.45, 2.75) is 0 Å². The molecule has 1 N–H and O–H groups in total. The van der Waals surface area contributed by atoms with Crippen LogP contribution in [-0.4, -0.2) is 17.7 Å². The van der Waals surface area contributed by atoms with E-state index in [9.17, 15) is 9.59 Å². The number of rotatable bonds is 2. The molecule has 64 valence electrons. The molecule has 0 fully saturated rings. The molecule has 4 nitrogen and oxygen atoms in total. The molecule has 1 rings (SSSR count). The van der Waals surface area contributed by atoms with Gasteiger partial charge in [0.1, 0.15) is 11.8 Å². The summed E-state index contributed by atoms with van der Waals surface area (Å²) in [6, 6.07) is 3.96. The molecular weight excluding hydrogens is 170 g/mol. The van der Waals surface area contributed by atoms with Gasteiger partial charge < -0.3 is 5.11 Å². The maximum atomic E-state index is 10.4. The summed E-state index contributed by atoms with van der Waals surface area (Å²) < 4.78 is 0. The van der Waals surface area contributed by atoms with Crippen molar-refractivity contribution in [2.24, 2.45) is 0 Å². The van der Waals surface area contributed by atoms with Gasteiger partial charge in [0, 0.05) is 11.1 Å². The van der Waals surface area contributed by atoms with Crippen LogP contribution < -0.4 is 0 Å². The molecule has 4 heteroatoms. The Labute approximate surface area is 74.0 Å². The summed E-state index contributed by atoms with van der Waals surface area (Å²) in [5, 5.41) is 17.6. The van der Waals surface area contributed by atoms with Crippen LogP contribution in [0.25, 0.3) is 0 Å². The number of carbonyl (C=O) groups excluding carboxylic acids is 2. The topological polar surface area (TPSA) is 78.2 Å². The highest BCUT2D eigenvalue weighted by Gasteiger charge is 2.07. The van der Waals surface area contributed by atoms with Crippen LogP contribution in [0.5, 0.6) is 5.75 Å². The Kier molecular flexibility index (Phi) is 2.41. The third-order valence-electron chi connectivity index (χ3n) is 1.58. The van der Waals surface area contributed by atoms with E-state index < -0.39 is 0 Å². The van der Waals surface area contributed by atoms with Gasteiger partial charge in [0.2, 0.25) is 0 Å². The molecule has 13 heavy (non-hydrogen) atoms. The quantitative estimate of drug-likeness (QED) is 0.677. The van der Waals surface area contributed by atoms with Gasteiger partial charge in [-0.3, -0.25) is 9.59 Å². The van der Waals surface area contributed by atoms with E-state index in [4.69, 9.17) is 10.4 Å². The second-order valence-electron chi connectivity index (χ2n) is 2.35. The summed E-state index contributed by atoms with van der Waals surface area (Å²) >= 11 is 0. The Morgan fingerprint density at radius 1 is 1.23 bits per heavy atom. The molecule has 0 saturated heterocycles. The van der Waals surface area contributed by atoms with Gasteiger partial charge >= 0.3 is 0 Å². The van der Waals surface area contributed by atoms with Gasteiger partial charge in [-0.25, -0.2) is 0 Å². The summed E-state index contributed by atoms with van der Waals surface area (Å²) in [5.41, 5.74) is 0.156. The third-order valence-corrected chi connectivity index (χ3v) is 1.58. The molecule has 0 unspecified atom stereocenters. The zero-order valence-corrected chi connectivity index (χ0v) is 6.52. The van der Waals surface area contributed by atoms with E-state index in [-0.39, 0.29) is 22.4 Å². The Morgan fingerprint density at radius 3 is 2.23 bits per heavy atom. The minimum absolute atomic E-state index is 0.0206. The molecule has 1 aromatic rings. The van der Waals surface area contributed by atoms with E-state index in [0.717, 1.165) is 6.07 Å². The average molecular weight is 175 g/mol. The minimum Gasteiger partial charge on any atom is -0.507 e. The zero-order valence-electron chi connectivity index (χ0n) is 6.52. The molecule has 0 radical (unpaired) electrons. The van der Waals surface area contributed by atoms with Gasteiger partial charge in [-0.1, -0.05) is 0 Å². The lowest BCUT2D eigenvalue weighted by Crippen LogP contribution is -1.92. The monoisotopic (exact) mass is 175 g/mol. The standard InChI is InChI=1S/C9H5NO3/c10-3-6-1-7(4-11)8(5-12)2-9(6)13/h1-2,4-5,13H. The van der Waals surface area contributed by atoms with Crippen molar-refractivity contribution < 1.29 is 14.7 Å². The van der Waals surface area contributed by atoms with Crippen molar-refractivity contribution in [1.82, 2.24) is 0 Å². The number of aromatic hydroxyl groups is 1. The van der Waals surface area contributed by atoms with Gasteiger partial charge in [0.15, 0.2) is 12.6 Å². The smallest absolute Gasteiger partial charge is 0.150 e. The maximum absolute atomic E-state index is 10.4. The van der Waals surface area contributed by atoms with Crippen molar-refractivity contribution >= 4 is 12.6 Å². The number of nitriles is 1. The van der Waals surface area contributed by atoms with E-state index in [1.54, 1.807) is 6.07 Å². The predicted octanol–water partition coefficient (Wildman–Crippen LogP) is 0.889. The highest BCUT2D eigenvalue weighted by molar-refractivity contribution is 5.91. The lowest BCUT2D eigenvalue weighted by atomic mass is 10.1. The molecule has 0 amide bonds. The fourth-order valence-corrected chi connectivity index (χ4v) is 0.915. The first-order valence-electron chi connectivity index (χ1n) is 3.40. The number of hydrogen-bond acceptors (Lipinski definition) is 4. The summed E-state index contributed by atoms with van der Waals surface area (Å²) in [6.45, 7) is 0. The Balaban J connectivity index is 3.45. The second-order valence-corrected chi connectivity index (χ2v) is 2.35. The largest absolute Gasteiger partial charge is 0.507 e. The van der Waals surface area contributed by atoms with E-state index >= 15 is 0 Å². The SMILES string of the molecule is N#Cc1cc(C=O)c(C=O)cc1O. The number of hydrogen-bond donors (Lipinski definition) is 1. The normalized spacial score (nSPS) is 8.85. The van der Waals surface area contributed by atoms with Crippen LogP contribution in [0, 0.1) is 11.3 Å². The number of carbonyl (C=O) groups is 2. The highest BCUT2D eigenvalue weighted by Crippen LogP contribution is 2.19. The lowest BCUT2D eigenvalue weighted by Gasteiger charge is -1.99. The van der Waals surface area contributed by atoms with Crippen LogP contribution in [0.2, 0.25) is 0 Å². The number of benzene rings is 1. The van der Waals surface area contributed by atoms with Crippen molar-refractivity contribution in [1.29, 1.82) is 5.26 Å². The molecule has 0 spiro atoms. The molecule has 1 aromatic carbocycles. The summed E-state index contributed by atoms with van der Waals surface area (Å²) in [5.74, 6) is -0.296. The fourth-order valence-electron chi connectivity index (χ4n) is 0.915. The molecule has 0 saturated carbocycles. The second kappa shape index (κ2) is 3.50. The van der Waals surface area contributed by atoms with Crippen LogP contribution in [0.4, 0.5) is 0 Å². The number of phenolic OH excluding ortho intramolecular Hbond substituents is 1. The van der Waals surface area contributed by atoms with E-state index in [0.29, 0.717) is 12.6 Å². The van der Waals surface area contributed by atoms with Crippen LogP contribution in [-0.2, 0) is 0 Å². The fraction of sp³-hybridized carbons (Fsp3) is 0. The minimum atomic E-state index is -0.296. The summed E-state index contributed by atoms with van der Waals surface area (Å²) in [6.07, 6.45) is 0.911. The maximum Gasteiger partial charge on any atom is 0.150 e. The van der Waals surface area contributed by atoms with Crippen molar-refractivity contribution in [3.8, 4) is 11.8 Å². The van der Waals surface area contributed by atoms with Gasteiger partial charge in [-0.2, -0.15) is 5.26 Å². The van der Waals surface area contributed by atoms with Crippen molar-refractivity contribution in [3.05, 3.63) is 28.8 Å². The van der Waals surface area contributed by atoms with Crippen molar-refractivity contribution in [3.63, 3.8) is 0 Å². The Bertz CT molecular complexity index is 404. The van der Waals surface area contributed by atoms with E-state index in [1.807, 2.05) is 0 Å². The first-order chi connectivity index (χ1) is 6.22. The summed E-state index contributed by atoms with van der Waals surface area (Å²) in [7, 11) is 0. The van der Waals surface area contributed by atoms with Crippen molar-refractivity contribution in [2.75, 3.05) is 0 Å². The van der Waals surface area contributed by atoms with Gasteiger partial charge in [-0.05, 0) is 12.1 Å². The lowest BCUT2D eigenvalue weighted by molar-refractivity contribution is 0.109. The first-order valence-corrected chi connectivity index (χ1v) is 3.40. The van der Waals surface area contributed by atoms with E-state index in [2.05, 4.69) is 0 Å². The molecule has 0 aromatic heterocycles. The third kappa shape index (κ3) is 1.54. The van der Waals surface area contributed by atoms with Crippen LogP contribution in [0.1, 0.15) is 26.3 Å². The van der Waals surface area contributed by atoms with Gasteiger partial charge in [0.25, 0.3) is 0 Å². The highest BCUT2D eigenvalue weighted by atomic mass is 16.3. The molecule has 0 heterocycles. The molecule has 0 aliphatic carbocycles. The summed E-state index contributed by atoms with van der Waals surface area (Å²) in [4.78, 5) is 20.8. The Hall–Kier alpha value is -2.15. The molecular formula is C9H5NO3. The average Bonchev–Trinajstić information content (AvgIpc) is 2.17. The van der Waals surface area contributed by atoms with Crippen LogP contribution in [0.15, 0.2) is 12.1 Å². The molecule has 0 aliphatic rings. The van der Waals surface area contributed by atoms with Crippen LogP contribution >= 0.6 is 0 Å². The molecule has 0 atom stereocenters. The zero-order chi connectivity index (χ0) is 9.84. The number of nitrogens with zero attached hydrogens (tertiary/aromatic N) is 1. The van der Waals surface area contributed by atoms with Gasteiger partial charge in [0.05, 0.1) is 5.56 Å². The first kappa shape index (κ1) is 8.94. The number of aldehydes is 2. The Morgan fingerprint density at radius 2 is 1.77 bits per heavy atom. The van der Waals surface area contributed by atoms with Gasteiger partial charge in [-0.15, -0.1) is 0 Å². The number of phenols is 1. The predicted molar refractivity (Wildman–Crippen MR) is 43.6 cm³/mol. The van der Waals surface area contributed by atoms with E-state index in [1.165, 1.54) is 6.07 Å².